The SMILES string of the molecule is COCCOCCCCNc1ccc(C(N)=S)c(Br)c1. The van der Waals surface area contributed by atoms with E-state index in [1.54, 1.807) is 7.11 Å². The molecule has 0 aromatic heterocycles. The van der Waals surface area contributed by atoms with E-state index in [1.807, 2.05) is 18.2 Å². The summed E-state index contributed by atoms with van der Waals surface area (Å²) in [6, 6.07) is 5.89. The number of ether oxygens (including phenoxy) is 2. The minimum Gasteiger partial charge on any atom is -0.389 e. The Bertz CT molecular complexity index is 430. The van der Waals surface area contributed by atoms with Crippen molar-refractivity contribution < 1.29 is 9.47 Å². The van der Waals surface area contributed by atoms with Crippen LogP contribution >= 0.6 is 28.1 Å². The third-order valence-corrected chi connectivity index (χ3v) is 3.59. The molecule has 0 unspecified atom stereocenters. The highest BCUT2D eigenvalue weighted by Gasteiger charge is 2.03. The van der Waals surface area contributed by atoms with Crippen molar-refractivity contribution in [2.75, 3.05) is 38.8 Å². The lowest BCUT2D eigenvalue weighted by molar-refractivity contribution is 0.0691. The predicted octanol–water partition coefficient (Wildman–Crippen LogP) is 2.94. The zero-order valence-corrected chi connectivity index (χ0v) is 14.1. The van der Waals surface area contributed by atoms with Gasteiger partial charge in [0.25, 0.3) is 0 Å². The number of hydrogen-bond donors (Lipinski definition) is 2. The maximum atomic E-state index is 5.61. The van der Waals surface area contributed by atoms with Crippen LogP contribution in [0.2, 0.25) is 0 Å². The number of hydrogen-bond acceptors (Lipinski definition) is 4. The van der Waals surface area contributed by atoms with Gasteiger partial charge in [0.1, 0.15) is 4.99 Å². The summed E-state index contributed by atoms with van der Waals surface area (Å²) in [7, 11) is 1.67. The van der Waals surface area contributed by atoms with Gasteiger partial charge in [-0.1, -0.05) is 12.2 Å². The average Bonchev–Trinajstić information content (AvgIpc) is 2.41. The molecule has 1 aromatic rings. The fraction of sp³-hybridized carbons (Fsp3) is 0.500. The minimum absolute atomic E-state index is 0.400. The summed E-state index contributed by atoms with van der Waals surface area (Å²) in [4.78, 5) is 0.400. The molecule has 4 nitrogen and oxygen atoms in total. The average molecular weight is 361 g/mol. The minimum atomic E-state index is 0.400. The Hall–Kier alpha value is -0.690. The number of benzene rings is 1. The Balaban J connectivity index is 2.19. The van der Waals surface area contributed by atoms with Crippen molar-refractivity contribution in [1.29, 1.82) is 0 Å². The normalized spacial score (nSPS) is 10.5. The molecule has 0 spiro atoms. The summed E-state index contributed by atoms with van der Waals surface area (Å²) in [5.41, 5.74) is 7.52. The van der Waals surface area contributed by atoms with Crippen molar-refractivity contribution >= 4 is 38.8 Å². The van der Waals surface area contributed by atoms with Gasteiger partial charge in [0.15, 0.2) is 0 Å². The Kier molecular flexibility index (Phi) is 8.77. The first-order chi connectivity index (χ1) is 9.65. The van der Waals surface area contributed by atoms with E-state index in [0.29, 0.717) is 18.2 Å². The van der Waals surface area contributed by atoms with Crippen molar-refractivity contribution in [1.82, 2.24) is 0 Å². The molecular formula is C14H21BrN2O2S. The molecule has 0 atom stereocenters. The molecule has 20 heavy (non-hydrogen) atoms. The molecule has 0 saturated heterocycles. The van der Waals surface area contributed by atoms with Gasteiger partial charge in [-0.15, -0.1) is 0 Å². The van der Waals surface area contributed by atoms with E-state index in [1.165, 1.54) is 0 Å². The Labute approximate surface area is 134 Å². The van der Waals surface area contributed by atoms with Crippen LogP contribution in [0.25, 0.3) is 0 Å². The summed E-state index contributed by atoms with van der Waals surface area (Å²) in [6.45, 7) is 3.00. The molecule has 0 heterocycles. The molecular weight excluding hydrogens is 340 g/mol. The predicted molar refractivity (Wildman–Crippen MR) is 90.4 cm³/mol. The van der Waals surface area contributed by atoms with E-state index in [2.05, 4.69) is 21.2 Å². The van der Waals surface area contributed by atoms with Crippen molar-refractivity contribution in [2.45, 2.75) is 12.8 Å². The molecule has 0 aliphatic rings. The smallest absolute Gasteiger partial charge is 0.105 e. The van der Waals surface area contributed by atoms with Crippen molar-refractivity contribution in [3.05, 3.63) is 28.2 Å². The van der Waals surface area contributed by atoms with E-state index in [9.17, 15) is 0 Å². The van der Waals surface area contributed by atoms with Gasteiger partial charge in [0.2, 0.25) is 0 Å². The summed E-state index contributed by atoms with van der Waals surface area (Å²) in [6.07, 6.45) is 2.09. The fourth-order valence-electron chi connectivity index (χ4n) is 1.63. The standard InChI is InChI=1S/C14H21BrN2O2S/c1-18-8-9-19-7-3-2-6-17-11-4-5-12(14(16)20)13(15)10-11/h4-5,10,17H,2-3,6-9H2,1H3,(H2,16,20). The second-order valence-corrected chi connectivity index (χ2v) is 5.59. The lowest BCUT2D eigenvalue weighted by Gasteiger charge is -2.09. The Morgan fingerprint density at radius 2 is 2.10 bits per heavy atom. The second kappa shape index (κ2) is 10.1. The van der Waals surface area contributed by atoms with Gasteiger partial charge < -0.3 is 20.5 Å². The van der Waals surface area contributed by atoms with Crippen LogP contribution in [0.4, 0.5) is 5.69 Å². The largest absolute Gasteiger partial charge is 0.389 e. The summed E-state index contributed by atoms with van der Waals surface area (Å²) in [5.74, 6) is 0. The van der Waals surface area contributed by atoms with Crippen molar-refractivity contribution in [3.63, 3.8) is 0 Å². The van der Waals surface area contributed by atoms with Crippen LogP contribution in [0, 0.1) is 0 Å². The highest BCUT2D eigenvalue weighted by Crippen LogP contribution is 2.21. The molecule has 6 heteroatoms. The van der Waals surface area contributed by atoms with Crippen molar-refractivity contribution in [3.8, 4) is 0 Å². The van der Waals surface area contributed by atoms with Gasteiger partial charge in [-0.2, -0.15) is 0 Å². The first-order valence-electron chi connectivity index (χ1n) is 6.55. The quantitative estimate of drug-likeness (QED) is 0.496. The number of nitrogens with two attached hydrogens (primary N) is 1. The molecule has 3 N–H and O–H groups in total. The number of halogens is 1. The highest BCUT2D eigenvalue weighted by molar-refractivity contribution is 9.10. The van der Waals surface area contributed by atoms with E-state index >= 15 is 0 Å². The second-order valence-electron chi connectivity index (χ2n) is 4.30. The molecule has 0 radical (unpaired) electrons. The van der Waals surface area contributed by atoms with Crippen LogP contribution < -0.4 is 11.1 Å². The fourth-order valence-corrected chi connectivity index (χ4v) is 2.53. The zero-order chi connectivity index (χ0) is 14.8. The van der Waals surface area contributed by atoms with Gasteiger partial charge in [-0.25, -0.2) is 0 Å². The van der Waals surface area contributed by atoms with E-state index in [4.69, 9.17) is 27.4 Å². The van der Waals surface area contributed by atoms with E-state index in [0.717, 1.165) is 41.7 Å². The molecule has 0 aliphatic carbocycles. The number of rotatable bonds is 10. The summed E-state index contributed by atoms with van der Waals surface area (Å²) >= 11 is 8.43. The molecule has 0 aliphatic heterocycles. The first kappa shape index (κ1) is 17.4. The number of nitrogens with one attached hydrogen (secondary N) is 1. The molecule has 112 valence electrons. The lowest BCUT2D eigenvalue weighted by atomic mass is 10.2. The highest BCUT2D eigenvalue weighted by atomic mass is 79.9. The molecule has 0 saturated carbocycles. The van der Waals surface area contributed by atoms with Gasteiger partial charge in [0, 0.05) is 36.0 Å². The number of thiocarbonyl (C=S) groups is 1. The van der Waals surface area contributed by atoms with Gasteiger partial charge in [-0.3, -0.25) is 0 Å². The number of anilines is 1. The molecule has 1 aromatic carbocycles. The van der Waals surface area contributed by atoms with Crippen LogP contribution in [-0.4, -0.2) is 38.5 Å². The molecule has 0 bridgehead atoms. The first-order valence-corrected chi connectivity index (χ1v) is 7.75. The van der Waals surface area contributed by atoms with Crippen LogP contribution in [0.5, 0.6) is 0 Å². The van der Waals surface area contributed by atoms with Gasteiger partial charge in [0.05, 0.1) is 13.2 Å². The molecule has 0 fully saturated rings. The van der Waals surface area contributed by atoms with Crippen LogP contribution in [0.1, 0.15) is 18.4 Å². The monoisotopic (exact) mass is 360 g/mol. The van der Waals surface area contributed by atoms with Crippen LogP contribution in [0.15, 0.2) is 22.7 Å². The maximum Gasteiger partial charge on any atom is 0.105 e. The van der Waals surface area contributed by atoms with Crippen molar-refractivity contribution in [2.24, 2.45) is 5.73 Å². The summed E-state index contributed by atoms with van der Waals surface area (Å²) < 4.78 is 11.2. The third kappa shape index (κ3) is 6.65. The maximum absolute atomic E-state index is 5.61. The lowest BCUT2D eigenvalue weighted by Crippen LogP contribution is -2.10. The van der Waals surface area contributed by atoms with Gasteiger partial charge in [-0.05, 0) is 47.0 Å². The summed E-state index contributed by atoms with van der Waals surface area (Å²) in [5, 5.41) is 3.36. The zero-order valence-electron chi connectivity index (χ0n) is 11.7. The van der Waals surface area contributed by atoms with E-state index in [-0.39, 0.29) is 0 Å². The topological polar surface area (TPSA) is 56.5 Å². The Morgan fingerprint density at radius 3 is 2.75 bits per heavy atom. The van der Waals surface area contributed by atoms with Gasteiger partial charge >= 0.3 is 0 Å². The van der Waals surface area contributed by atoms with Crippen LogP contribution in [-0.2, 0) is 9.47 Å². The third-order valence-electron chi connectivity index (χ3n) is 2.71. The number of methoxy groups -OCH3 is 1. The number of unbranched alkanes of at least 4 members (excludes halogenated alkanes) is 1. The molecule has 1 rings (SSSR count). The van der Waals surface area contributed by atoms with Crippen LogP contribution in [0.3, 0.4) is 0 Å². The molecule has 0 amide bonds. The van der Waals surface area contributed by atoms with E-state index < -0.39 is 0 Å². The Morgan fingerprint density at radius 1 is 1.30 bits per heavy atom.